The summed E-state index contributed by atoms with van der Waals surface area (Å²) >= 11 is 1.51. The molecule has 5 nitrogen and oxygen atoms in total. The second kappa shape index (κ2) is 6.84. The van der Waals surface area contributed by atoms with Crippen molar-refractivity contribution < 1.29 is 4.74 Å². The minimum absolute atomic E-state index is 0.0412. The summed E-state index contributed by atoms with van der Waals surface area (Å²) in [5.74, 6) is 0.0412. The zero-order chi connectivity index (χ0) is 17.7. The van der Waals surface area contributed by atoms with Crippen LogP contribution in [0.4, 0.5) is 0 Å². The third-order valence-corrected chi connectivity index (χ3v) is 4.41. The fourth-order valence-corrected chi connectivity index (χ4v) is 3.11. The van der Waals surface area contributed by atoms with E-state index in [1.807, 2.05) is 18.2 Å². The highest BCUT2D eigenvalue weighted by Gasteiger charge is 2.38. The fourth-order valence-electron chi connectivity index (χ4n) is 2.26. The van der Waals surface area contributed by atoms with Gasteiger partial charge in [-0.05, 0) is 32.1 Å². The van der Waals surface area contributed by atoms with E-state index in [0.717, 1.165) is 9.75 Å². The summed E-state index contributed by atoms with van der Waals surface area (Å²) in [7, 11) is 0. The normalized spacial score (nSPS) is 15.3. The van der Waals surface area contributed by atoms with Crippen molar-refractivity contribution in [1.29, 1.82) is 10.5 Å². The minimum atomic E-state index is -0.804. The molecule has 116 valence electrons. The fraction of sp³-hybridized carbons (Fsp3) is 0.222. The molecule has 1 aromatic heterocycles. The van der Waals surface area contributed by atoms with Crippen molar-refractivity contribution in [2.24, 2.45) is 0 Å². The average molecular weight is 332 g/mol. The van der Waals surface area contributed by atoms with Crippen molar-refractivity contribution in [3.05, 3.63) is 73.4 Å². The van der Waals surface area contributed by atoms with Gasteiger partial charge in [0, 0.05) is 10.5 Å². The Kier molecular flexibility index (Phi) is 4.86. The van der Waals surface area contributed by atoms with Crippen LogP contribution in [0.1, 0.15) is 23.6 Å². The maximum atomic E-state index is 9.04. The molecule has 0 aliphatic carbocycles. The van der Waals surface area contributed by atoms with Gasteiger partial charge in [0.25, 0.3) is 0 Å². The molecule has 0 fully saturated rings. The Balaban J connectivity index is 2.47. The average Bonchev–Trinajstić information content (AvgIpc) is 3.08. The molecule has 0 saturated carbocycles. The largest absolute Gasteiger partial charge is 0.493 e. The van der Waals surface area contributed by atoms with Crippen LogP contribution >= 0.6 is 11.3 Å². The number of allylic oxidation sites excluding steroid dienone is 1. The van der Waals surface area contributed by atoms with Gasteiger partial charge in [-0.3, -0.25) is 0 Å². The first-order valence-electron chi connectivity index (χ1n) is 6.93. The van der Waals surface area contributed by atoms with E-state index in [1.54, 1.807) is 32.1 Å². The quantitative estimate of drug-likeness (QED) is 0.606. The zero-order valence-electron chi connectivity index (χ0n) is 13.1. The summed E-state index contributed by atoms with van der Waals surface area (Å²) < 4.78 is 5.70. The van der Waals surface area contributed by atoms with Crippen LogP contribution in [0, 0.1) is 35.8 Å². The van der Waals surface area contributed by atoms with E-state index >= 15 is 0 Å². The molecule has 0 saturated heterocycles. The van der Waals surface area contributed by atoms with Crippen molar-refractivity contribution in [2.75, 3.05) is 0 Å². The molecular formula is C18H12N4OS. The highest BCUT2D eigenvalue weighted by molar-refractivity contribution is 7.12. The number of hydrogen-bond donors (Lipinski definition) is 0. The van der Waals surface area contributed by atoms with Crippen molar-refractivity contribution in [2.45, 2.75) is 26.0 Å². The van der Waals surface area contributed by atoms with Crippen LogP contribution in [-0.4, -0.2) is 5.60 Å². The number of nitrogens with zero attached hydrogens (tertiary/aromatic N) is 4. The molecular weight excluding hydrogens is 320 g/mol. The Hall–Kier alpha value is -3.32. The molecule has 0 spiro atoms. The highest BCUT2D eigenvalue weighted by Crippen LogP contribution is 2.41. The van der Waals surface area contributed by atoms with Crippen LogP contribution in [0.5, 0.6) is 0 Å². The first-order valence-corrected chi connectivity index (χ1v) is 7.74. The molecule has 2 rings (SSSR count). The second-order valence-electron chi connectivity index (χ2n) is 5.37. The molecule has 0 radical (unpaired) electrons. The van der Waals surface area contributed by atoms with Crippen LogP contribution in [0.25, 0.3) is 15.8 Å². The summed E-state index contributed by atoms with van der Waals surface area (Å²) in [6.45, 7) is 18.2. The monoisotopic (exact) mass is 332 g/mol. The van der Waals surface area contributed by atoms with E-state index in [0.29, 0.717) is 12.1 Å². The third-order valence-electron chi connectivity index (χ3n) is 3.37. The molecule has 0 atom stereocenters. The SMILES string of the molecule is [C-]#[N+]Cc1ccc(/C=C/C2=C([N+]#[C-])C(=C(C#N)C#N)OC2(C)C)s1. The van der Waals surface area contributed by atoms with Crippen LogP contribution < -0.4 is 0 Å². The van der Waals surface area contributed by atoms with E-state index in [1.165, 1.54) is 11.3 Å². The topological polar surface area (TPSA) is 65.5 Å². The lowest BCUT2D eigenvalue weighted by Gasteiger charge is -2.21. The second-order valence-corrected chi connectivity index (χ2v) is 6.57. The summed E-state index contributed by atoms with van der Waals surface area (Å²) in [5.41, 5.74) is -0.197. The van der Waals surface area contributed by atoms with Crippen LogP contribution in [0.3, 0.4) is 0 Å². The predicted molar refractivity (Wildman–Crippen MR) is 90.7 cm³/mol. The van der Waals surface area contributed by atoms with Crippen molar-refractivity contribution in [3.63, 3.8) is 0 Å². The summed E-state index contributed by atoms with van der Waals surface area (Å²) in [4.78, 5) is 8.75. The highest BCUT2D eigenvalue weighted by atomic mass is 32.1. The number of nitriles is 2. The van der Waals surface area contributed by atoms with Gasteiger partial charge in [-0.25, -0.2) is 11.4 Å². The first-order chi connectivity index (χ1) is 11.5. The van der Waals surface area contributed by atoms with Gasteiger partial charge in [-0.1, -0.05) is 6.08 Å². The summed E-state index contributed by atoms with van der Waals surface area (Å²) in [5, 5.41) is 18.1. The van der Waals surface area contributed by atoms with Crippen molar-refractivity contribution in [1.82, 2.24) is 0 Å². The Bertz CT molecular complexity index is 917. The predicted octanol–water partition coefficient (Wildman–Crippen LogP) is 4.46. The molecule has 0 unspecified atom stereocenters. The Morgan fingerprint density at radius 1 is 1.29 bits per heavy atom. The molecule has 0 N–H and O–H groups in total. The van der Waals surface area contributed by atoms with E-state index < -0.39 is 5.60 Å². The Labute approximate surface area is 144 Å². The lowest BCUT2D eigenvalue weighted by Crippen LogP contribution is -2.20. The van der Waals surface area contributed by atoms with Crippen molar-refractivity contribution in [3.8, 4) is 12.1 Å². The molecule has 0 aromatic carbocycles. The number of ether oxygens (including phenoxy) is 1. The standard InChI is InChI=1S/C18H12N4OS/c1-18(2)15(8-7-13-5-6-14(24-13)11-21-3)16(22-4)17(23-18)12(9-19)10-20/h5-8H,11H2,1-2H3/b8-7+. The molecule has 1 aromatic rings. The lowest BCUT2D eigenvalue weighted by molar-refractivity contribution is 0.0954. The number of rotatable bonds is 3. The molecule has 24 heavy (non-hydrogen) atoms. The Morgan fingerprint density at radius 2 is 2.00 bits per heavy atom. The van der Waals surface area contributed by atoms with Gasteiger partial charge in [0.05, 0.1) is 11.4 Å². The Morgan fingerprint density at radius 3 is 2.58 bits per heavy atom. The zero-order valence-corrected chi connectivity index (χ0v) is 13.9. The molecule has 1 aliphatic heterocycles. The third kappa shape index (κ3) is 3.21. The molecule has 2 heterocycles. The molecule has 0 amide bonds. The first kappa shape index (κ1) is 17.0. The van der Waals surface area contributed by atoms with Gasteiger partial charge < -0.3 is 9.58 Å². The molecule has 6 heteroatoms. The smallest absolute Gasteiger partial charge is 0.248 e. The van der Waals surface area contributed by atoms with E-state index in [-0.39, 0.29) is 17.0 Å². The van der Waals surface area contributed by atoms with Crippen LogP contribution in [0.15, 0.2) is 40.8 Å². The van der Waals surface area contributed by atoms with Crippen molar-refractivity contribution >= 4 is 17.4 Å². The van der Waals surface area contributed by atoms with E-state index in [9.17, 15) is 0 Å². The van der Waals surface area contributed by atoms with E-state index in [2.05, 4.69) is 9.69 Å². The van der Waals surface area contributed by atoms with Gasteiger partial charge in [0.1, 0.15) is 17.7 Å². The van der Waals surface area contributed by atoms with Crippen LogP contribution in [-0.2, 0) is 11.3 Å². The van der Waals surface area contributed by atoms with Crippen LogP contribution in [0.2, 0.25) is 0 Å². The van der Waals surface area contributed by atoms with Gasteiger partial charge in [-0.2, -0.15) is 10.5 Å². The van der Waals surface area contributed by atoms with Gasteiger partial charge in [-0.15, -0.1) is 11.3 Å². The number of thiophene rings is 1. The summed E-state index contributed by atoms with van der Waals surface area (Å²) in [6, 6.07) is 7.36. The maximum absolute atomic E-state index is 9.04. The van der Waals surface area contributed by atoms with Gasteiger partial charge in [0.2, 0.25) is 12.2 Å². The number of hydrogen-bond acceptors (Lipinski definition) is 4. The molecule has 1 aliphatic rings. The summed E-state index contributed by atoms with van der Waals surface area (Å²) in [6.07, 6.45) is 3.63. The molecule has 0 bridgehead atoms. The van der Waals surface area contributed by atoms with Gasteiger partial charge in [0.15, 0.2) is 11.3 Å². The lowest BCUT2D eigenvalue weighted by atomic mass is 9.97. The van der Waals surface area contributed by atoms with E-state index in [4.69, 9.17) is 28.4 Å². The maximum Gasteiger partial charge on any atom is 0.248 e. The minimum Gasteiger partial charge on any atom is -0.493 e. The van der Waals surface area contributed by atoms with Gasteiger partial charge >= 0.3 is 0 Å².